The van der Waals surface area contributed by atoms with E-state index in [1.807, 2.05) is 0 Å². The van der Waals surface area contributed by atoms with Gasteiger partial charge in [-0.2, -0.15) is 4.13 Å². The van der Waals surface area contributed by atoms with Gasteiger partial charge in [0.2, 0.25) is 0 Å². The van der Waals surface area contributed by atoms with E-state index < -0.39 is 0 Å². The summed E-state index contributed by atoms with van der Waals surface area (Å²) < 4.78 is 3.57. The van der Waals surface area contributed by atoms with Crippen LogP contribution in [0.25, 0.3) is 0 Å². The number of nitrogens with one attached hydrogen (secondary N) is 1. The molecule has 36 valence electrons. The normalized spacial score (nSPS) is 34.5. The van der Waals surface area contributed by atoms with Gasteiger partial charge in [0, 0.05) is 11.0 Å². The Bertz CT molecular complexity index is 44.1. The van der Waals surface area contributed by atoms with E-state index in [4.69, 9.17) is 0 Å². The number of rotatable bonds is 0. The van der Waals surface area contributed by atoms with Gasteiger partial charge in [-0.15, -0.1) is 0 Å². The molecule has 0 radical (unpaired) electrons. The highest BCUT2D eigenvalue weighted by atomic mass is 79.9. The zero-order valence-electron chi connectivity index (χ0n) is 2.68. The van der Waals surface area contributed by atoms with Crippen LogP contribution in [0.4, 0.5) is 0 Å². The van der Waals surface area contributed by atoms with E-state index in [9.17, 15) is 0 Å². The topological polar surface area (TPSA) is 12.0 Å². The fraction of sp³-hybridized carbons (Fsp3) is 1.00. The third kappa shape index (κ3) is 1.54. The Kier molecular flexibility index (Phi) is 2.54. The molecule has 0 amide bonds. The van der Waals surface area contributed by atoms with Gasteiger partial charge in [0.15, 0.2) is 0 Å². The highest BCUT2D eigenvalue weighted by Gasteiger charge is 2.11. The van der Waals surface area contributed by atoms with Crippen molar-refractivity contribution >= 4 is 49.7 Å². The second-order valence-electron chi connectivity index (χ2n) is 0.655. The van der Waals surface area contributed by atoms with E-state index in [2.05, 4.69) is 20.1 Å². The predicted molar refractivity (Wildman–Crippen MR) is 38.6 cm³/mol. The lowest BCUT2D eigenvalue weighted by Gasteiger charge is -1.84. The lowest BCUT2D eigenvalue weighted by Crippen LogP contribution is -1.77. The molecule has 1 atom stereocenters. The molecule has 1 aliphatic rings. The summed E-state index contributed by atoms with van der Waals surface area (Å²) in [6.07, 6.45) is 0. The molecule has 6 heavy (non-hydrogen) atoms. The molecule has 1 unspecified atom stereocenters. The molecule has 0 aliphatic carbocycles. The quantitative estimate of drug-likeness (QED) is 0.368. The highest BCUT2D eigenvalue weighted by Crippen LogP contribution is 2.43. The Hall–Kier alpha value is 1.49. The van der Waals surface area contributed by atoms with Crippen LogP contribution in [0.5, 0.6) is 0 Å². The van der Waals surface area contributed by atoms with Crippen molar-refractivity contribution in [1.29, 1.82) is 0 Å². The van der Waals surface area contributed by atoms with Crippen LogP contribution in [0.15, 0.2) is 0 Å². The minimum absolute atomic E-state index is 0.544. The maximum Gasteiger partial charge on any atom is 0.132 e. The lowest BCUT2D eigenvalue weighted by molar-refractivity contribution is 1.78. The smallest absolute Gasteiger partial charge is 0.132 e. The van der Waals surface area contributed by atoms with Gasteiger partial charge in [-0.05, 0) is 22.7 Å². The van der Waals surface area contributed by atoms with Crippen LogP contribution < -0.4 is 4.13 Å². The van der Waals surface area contributed by atoms with Gasteiger partial charge < -0.3 is 0 Å². The first-order chi connectivity index (χ1) is 2.89. The van der Waals surface area contributed by atoms with E-state index in [1.54, 1.807) is 33.7 Å². The molecule has 1 rings (SSSR count). The molecule has 1 aliphatic heterocycles. The lowest BCUT2D eigenvalue weighted by atomic mass is 11.9. The van der Waals surface area contributed by atoms with Crippen LogP contribution in [-0.4, -0.2) is 3.49 Å². The van der Waals surface area contributed by atoms with Gasteiger partial charge in [0.05, 0.1) is 0 Å². The molecule has 0 saturated carbocycles. The zero-order chi connectivity index (χ0) is 4.41. The highest BCUT2D eigenvalue weighted by molar-refractivity contribution is 9.16. The maximum absolute atomic E-state index is 3.38. The average molecular weight is 204 g/mol. The first kappa shape index (κ1) is 5.62. The summed E-state index contributed by atoms with van der Waals surface area (Å²) in [5.74, 6) is 0. The van der Waals surface area contributed by atoms with E-state index in [0.29, 0.717) is 3.49 Å². The van der Waals surface area contributed by atoms with Crippen molar-refractivity contribution in [1.82, 2.24) is 4.13 Å². The molecule has 1 fully saturated rings. The summed E-state index contributed by atoms with van der Waals surface area (Å²) in [7, 11) is 3.45. The summed E-state index contributed by atoms with van der Waals surface area (Å²) in [6, 6.07) is 0. The van der Waals surface area contributed by atoms with Crippen LogP contribution >= 0.6 is 49.7 Å². The Balaban J connectivity index is 2.18. The number of alkyl halides is 1. The van der Waals surface area contributed by atoms with Gasteiger partial charge in [0.25, 0.3) is 0 Å². The monoisotopic (exact) mass is 203 g/mol. The summed E-state index contributed by atoms with van der Waals surface area (Å²) >= 11 is 5.07. The van der Waals surface area contributed by atoms with E-state index in [1.165, 1.54) is 0 Å². The Morgan fingerprint density at radius 2 is 2.50 bits per heavy atom. The molecule has 1 N–H and O–H groups in total. The largest absolute Gasteiger partial charge is 0.197 e. The Morgan fingerprint density at radius 1 is 1.67 bits per heavy atom. The van der Waals surface area contributed by atoms with E-state index in [0.717, 1.165) is 0 Å². The molecule has 0 aromatic heterocycles. The third-order valence-electron chi connectivity index (χ3n) is 0.299. The minimum atomic E-state index is 0.544. The van der Waals surface area contributed by atoms with Crippen LogP contribution in [0, 0.1) is 0 Å². The van der Waals surface area contributed by atoms with Gasteiger partial charge in [-0.1, -0.05) is 15.9 Å². The van der Waals surface area contributed by atoms with Crippen molar-refractivity contribution in [2.24, 2.45) is 0 Å². The number of hydrogen-bond acceptors (Lipinski definition) is 4. The first-order valence-corrected chi connectivity index (χ1v) is 5.27. The molecule has 1 nitrogen and oxygen atoms in total. The Morgan fingerprint density at radius 3 is 2.67 bits per heavy atom. The molecule has 5 heteroatoms. The molecule has 0 bridgehead atoms. The summed E-state index contributed by atoms with van der Waals surface area (Å²) in [5.41, 5.74) is 0. The van der Waals surface area contributed by atoms with Crippen molar-refractivity contribution in [2.75, 3.05) is 0 Å². The zero-order valence-corrected chi connectivity index (χ0v) is 6.72. The van der Waals surface area contributed by atoms with Crippen LogP contribution in [-0.2, 0) is 0 Å². The average Bonchev–Trinajstić information content (AvgIpc) is 1.86. The fourth-order valence-corrected chi connectivity index (χ4v) is 4.35. The summed E-state index contributed by atoms with van der Waals surface area (Å²) in [5, 5.41) is 0. The standard InChI is InChI=1S/CH2BrNS3/c2-1-4-3-6-5-1/h1,3H. The summed E-state index contributed by atoms with van der Waals surface area (Å²) in [6.45, 7) is 0. The van der Waals surface area contributed by atoms with Crippen LogP contribution in [0.2, 0.25) is 0 Å². The van der Waals surface area contributed by atoms with Crippen LogP contribution in [0.1, 0.15) is 0 Å². The minimum Gasteiger partial charge on any atom is -0.197 e. The number of hydrogen-bond donors (Lipinski definition) is 1. The second-order valence-corrected chi connectivity index (χ2v) is 6.36. The van der Waals surface area contributed by atoms with Gasteiger partial charge in [-0.25, -0.2) is 0 Å². The molecule has 0 aromatic carbocycles. The van der Waals surface area contributed by atoms with Crippen molar-refractivity contribution in [3.05, 3.63) is 0 Å². The molecule has 0 spiro atoms. The van der Waals surface area contributed by atoms with Crippen molar-refractivity contribution < 1.29 is 0 Å². The second kappa shape index (κ2) is 2.71. The maximum atomic E-state index is 3.38. The first-order valence-electron chi connectivity index (χ1n) is 1.26. The van der Waals surface area contributed by atoms with Crippen molar-refractivity contribution in [3.8, 4) is 0 Å². The summed E-state index contributed by atoms with van der Waals surface area (Å²) in [4.78, 5) is 0. The molecule has 1 heterocycles. The van der Waals surface area contributed by atoms with Crippen molar-refractivity contribution in [2.45, 2.75) is 3.49 Å². The third-order valence-corrected chi connectivity index (χ3v) is 5.67. The van der Waals surface area contributed by atoms with Gasteiger partial charge in [-0.3, -0.25) is 0 Å². The molecular weight excluding hydrogens is 202 g/mol. The number of halogens is 1. The SMILES string of the molecule is BrC1SNSS1. The molecular formula is CH2BrNS3. The van der Waals surface area contributed by atoms with E-state index >= 15 is 0 Å². The predicted octanol–water partition coefficient (Wildman–Crippen LogP) is 2.21. The molecule has 0 aromatic rings. The van der Waals surface area contributed by atoms with E-state index in [-0.39, 0.29) is 0 Å². The van der Waals surface area contributed by atoms with Crippen molar-refractivity contribution in [3.63, 3.8) is 0 Å². The van der Waals surface area contributed by atoms with Crippen LogP contribution in [0.3, 0.4) is 0 Å². The fourth-order valence-electron chi connectivity index (χ4n) is 0.135. The van der Waals surface area contributed by atoms with Gasteiger partial charge in [0.1, 0.15) is 3.49 Å². The van der Waals surface area contributed by atoms with Gasteiger partial charge >= 0.3 is 0 Å². The Labute approximate surface area is 57.2 Å². The molecule has 1 saturated heterocycles.